The molecule has 152 valence electrons. The van der Waals surface area contributed by atoms with Crippen molar-refractivity contribution in [2.75, 3.05) is 13.2 Å². The van der Waals surface area contributed by atoms with Gasteiger partial charge >= 0.3 is 0 Å². The van der Waals surface area contributed by atoms with Crippen LogP contribution >= 0.6 is 30.5 Å². The van der Waals surface area contributed by atoms with Crippen LogP contribution in [0.2, 0.25) is 0 Å². The van der Waals surface area contributed by atoms with Crippen LogP contribution in [-0.4, -0.2) is 32.1 Å². The molecule has 2 rings (SSSR count). The Labute approximate surface area is 171 Å². The summed E-state index contributed by atoms with van der Waals surface area (Å²) >= 11 is 6.70. The molecule has 2 saturated carbocycles. The third-order valence-corrected chi connectivity index (χ3v) is 7.38. The molecular weight excluding hydrogens is 386 g/mol. The van der Waals surface area contributed by atoms with E-state index in [9.17, 15) is 0 Å². The lowest BCUT2D eigenvalue weighted by atomic mass is 9.81. The molecule has 0 amide bonds. The first-order chi connectivity index (χ1) is 13.2. The van der Waals surface area contributed by atoms with Crippen molar-refractivity contribution in [1.29, 1.82) is 1.28 Å². The lowest BCUT2D eigenvalue weighted by Gasteiger charge is -2.31. The van der Waals surface area contributed by atoms with Gasteiger partial charge in [0, 0.05) is 30.9 Å². The number of hydrogen-bond acceptors (Lipinski definition) is 3. The first-order valence-corrected chi connectivity index (χ1v) is 11.6. The highest BCUT2D eigenvalue weighted by molar-refractivity contribution is 7.10. The third-order valence-electron chi connectivity index (χ3n) is 6.23. The predicted octanol–water partition coefficient (Wildman–Crippen LogP) is 5.92. The van der Waals surface area contributed by atoms with Crippen LogP contribution < -0.4 is 0 Å². The van der Waals surface area contributed by atoms with Crippen LogP contribution in [0.15, 0.2) is 12.2 Å². The minimum absolute atomic E-state index is 0.116. The lowest BCUT2D eigenvalue weighted by molar-refractivity contribution is 0.0939. The summed E-state index contributed by atoms with van der Waals surface area (Å²) in [5.74, 6) is 1.50. The molecule has 7 atom stereocenters. The van der Waals surface area contributed by atoms with Crippen molar-refractivity contribution in [2.24, 2.45) is 17.8 Å². The number of ether oxygens (including phenoxy) is 1. The normalized spacial score (nSPS) is 32.7. The summed E-state index contributed by atoms with van der Waals surface area (Å²) in [5.41, 5.74) is 0. The second-order valence-corrected chi connectivity index (χ2v) is 8.82. The molecule has 0 heterocycles. The molecule has 2 aliphatic rings. The smallest absolute Gasteiger partial charge is 0.0851 e. The van der Waals surface area contributed by atoms with Gasteiger partial charge < -0.3 is 13.8 Å². The van der Waals surface area contributed by atoms with Gasteiger partial charge in [-0.3, -0.25) is 0 Å². The summed E-state index contributed by atoms with van der Waals surface area (Å²) in [4.78, 5) is 0. The minimum Gasteiger partial charge on any atom is -0.378 e. The molecule has 0 spiro atoms. The van der Waals surface area contributed by atoms with E-state index in [0.29, 0.717) is 30.5 Å². The van der Waals surface area contributed by atoms with E-state index in [0.717, 1.165) is 32.3 Å². The Kier molecular flexibility index (Phi) is 10.8. The van der Waals surface area contributed by atoms with E-state index >= 15 is 0 Å². The van der Waals surface area contributed by atoms with Crippen molar-refractivity contribution >= 4 is 30.5 Å². The summed E-state index contributed by atoms with van der Waals surface area (Å²) < 4.78 is 24.5. The minimum atomic E-state index is -0.219. The lowest BCUT2D eigenvalue weighted by Crippen LogP contribution is -2.27. The highest BCUT2D eigenvalue weighted by Crippen LogP contribution is 2.44. The molecule has 2 aliphatic carbocycles. The SMILES string of the molecule is [3H]PO[C@@H]1C[C@@H](Cl)[C@H](C/C=C\COCC)[C@H]1CC[C@@H](OP)C1CCCCC1. The van der Waals surface area contributed by atoms with Crippen molar-refractivity contribution in [3.05, 3.63) is 12.2 Å². The van der Waals surface area contributed by atoms with E-state index in [-0.39, 0.29) is 20.9 Å². The summed E-state index contributed by atoms with van der Waals surface area (Å²) in [6, 6.07) is 0. The summed E-state index contributed by atoms with van der Waals surface area (Å²) in [5, 5.41) is 0.123. The van der Waals surface area contributed by atoms with Gasteiger partial charge in [-0.2, -0.15) is 0 Å². The Morgan fingerprint density at radius 1 is 1.23 bits per heavy atom. The molecule has 0 bridgehead atoms. The Morgan fingerprint density at radius 2 is 2.04 bits per heavy atom. The zero-order valence-corrected chi connectivity index (χ0v) is 19.0. The molecule has 0 aliphatic heterocycles. The molecule has 0 aromatic rings. The van der Waals surface area contributed by atoms with E-state index in [1.54, 1.807) is 0 Å². The highest BCUT2D eigenvalue weighted by Gasteiger charge is 2.42. The summed E-state index contributed by atoms with van der Waals surface area (Å²) in [6.45, 7) is 3.42. The molecule has 26 heavy (non-hydrogen) atoms. The van der Waals surface area contributed by atoms with Gasteiger partial charge in [-0.1, -0.05) is 31.4 Å². The summed E-state index contributed by atoms with van der Waals surface area (Å²) in [6.07, 6.45) is 15.3. The molecule has 0 N–H and O–H groups in total. The van der Waals surface area contributed by atoms with Gasteiger partial charge in [-0.05, 0) is 63.2 Å². The molecule has 6 heteroatoms. The highest BCUT2D eigenvalue weighted by atomic mass is 35.5. The van der Waals surface area contributed by atoms with E-state index in [1.165, 1.54) is 32.1 Å². The number of alkyl halides is 1. The van der Waals surface area contributed by atoms with Crippen molar-refractivity contribution in [2.45, 2.75) is 82.3 Å². The summed E-state index contributed by atoms with van der Waals surface area (Å²) in [7, 11) is 2.28. The maximum absolute atomic E-state index is 7.52. The van der Waals surface area contributed by atoms with Gasteiger partial charge in [-0.25, -0.2) is 0 Å². The fraction of sp³-hybridized carbons (Fsp3) is 0.900. The van der Waals surface area contributed by atoms with Gasteiger partial charge in [-0.15, -0.1) is 11.6 Å². The maximum Gasteiger partial charge on any atom is 0.0851 e. The van der Waals surface area contributed by atoms with Crippen LogP contribution in [0.5, 0.6) is 0 Å². The van der Waals surface area contributed by atoms with Crippen LogP contribution in [-0.2, 0) is 13.8 Å². The monoisotopic (exact) mass is 424 g/mol. The Morgan fingerprint density at radius 3 is 2.73 bits per heavy atom. The predicted molar refractivity (Wildman–Crippen MR) is 116 cm³/mol. The second kappa shape index (κ2) is 13.1. The van der Waals surface area contributed by atoms with Crippen molar-refractivity contribution in [1.82, 2.24) is 0 Å². The third kappa shape index (κ3) is 6.98. The zero-order valence-electron chi connectivity index (χ0n) is 17.1. The Balaban J connectivity index is 1.93. The van der Waals surface area contributed by atoms with Crippen LogP contribution in [0.4, 0.5) is 0 Å². The quantitative estimate of drug-likeness (QED) is 0.168. The molecule has 2 fully saturated rings. The number of halogens is 1. The molecule has 0 aromatic heterocycles. The standard InChI is InChI=1S/C20H37ClO3P2/c1-2-22-13-7-6-10-16-17(20(24-26)14-18(16)21)11-12-19(23-25)15-8-4-3-5-9-15/h6-7,15-20H,2-5,8-14,25-26H2,1H3/b7-6-/t16-,17-,18-,19-,20-/m1/s1/i26T/t16-,17-,18-,19-,20-,26?. The van der Waals surface area contributed by atoms with E-state index in [1.807, 2.05) is 6.92 Å². The van der Waals surface area contributed by atoms with Crippen LogP contribution in [0, 0.1) is 17.8 Å². The number of rotatable bonds is 12. The van der Waals surface area contributed by atoms with Gasteiger partial charge in [0.05, 0.1) is 20.1 Å². The second-order valence-electron chi connectivity index (χ2n) is 7.75. The Hall–Kier alpha value is 0.770. The number of allylic oxidation sites excluding steroid dienone is 1. The molecule has 0 aromatic carbocycles. The molecule has 3 nitrogen and oxygen atoms in total. The molecule has 2 unspecified atom stereocenters. The van der Waals surface area contributed by atoms with E-state index < -0.39 is 0 Å². The van der Waals surface area contributed by atoms with Gasteiger partial charge in [0.15, 0.2) is 0 Å². The van der Waals surface area contributed by atoms with Crippen LogP contribution in [0.3, 0.4) is 0 Å². The van der Waals surface area contributed by atoms with E-state index in [2.05, 4.69) is 21.6 Å². The first kappa shape index (κ1) is 21.5. The van der Waals surface area contributed by atoms with Gasteiger partial charge in [0.2, 0.25) is 0 Å². The topological polar surface area (TPSA) is 27.7 Å². The van der Waals surface area contributed by atoms with E-state index in [4.69, 9.17) is 26.7 Å². The van der Waals surface area contributed by atoms with Gasteiger partial charge in [0.25, 0.3) is 0 Å². The van der Waals surface area contributed by atoms with Crippen LogP contribution in [0.25, 0.3) is 0 Å². The fourth-order valence-electron chi connectivity index (χ4n) is 4.76. The fourth-order valence-corrected chi connectivity index (χ4v) is 5.85. The largest absolute Gasteiger partial charge is 0.378 e. The van der Waals surface area contributed by atoms with Crippen LogP contribution in [0.1, 0.15) is 64.7 Å². The molecular formula is C20H37ClO3P2. The first-order valence-electron chi connectivity index (χ1n) is 10.8. The average Bonchev–Trinajstić information content (AvgIpc) is 2.98. The average molecular weight is 425 g/mol. The van der Waals surface area contributed by atoms with Gasteiger partial charge in [0.1, 0.15) is 0 Å². The molecule has 0 saturated heterocycles. The van der Waals surface area contributed by atoms with Crippen molar-refractivity contribution < 1.29 is 13.8 Å². The van der Waals surface area contributed by atoms with Crippen molar-refractivity contribution in [3.8, 4) is 0 Å². The zero-order chi connectivity index (χ0) is 19.5. The molecule has 0 radical (unpaired) electrons. The van der Waals surface area contributed by atoms with Crippen molar-refractivity contribution in [3.63, 3.8) is 0 Å². The Bertz CT molecular complexity index is 424. The number of hydrogen-bond donors (Lipinski definition) is 0. The maximum atomic E-state index is 7.52.